The van der Waals surface area contributed by atoms with Crippen LogP contribution < -0.4 is 5.32 Å². The highest BCUT2D eigenvalue weighted by Gasteiger charge is 2.36. The van der Waals surface area contributed by atoms with Crippen molar-refractivity contribution in [3.63, 3.8) is 0 Å². The zero-order valence-electron chi connectivity index (χ0n) is 17.4. The first kappa shape index (κ1) is 24.8. The van der Waals surface area contributed by atoms with Crippen molar-refractivity contribution in [2.45, 2.75) is 6.18 Å². The van der Waals surface area contributed by atoms with Gasteiger partial charge in [0.1, 0.15) is 5.69 Å². The first-order valence-electron chi connectivity index (χ1n) is 9.88. The normalized spacial score (nSPS) is 11.4. The molecule has 4 aromatic rings. The molecule has 0 aliphatic rings. The van der Waals surface area contributed by atoms with E-state index in [2.05, 4.69) is 10.4 Å². The van der Waals surface area contributed by atoms with Crippen LogP contribution in [0.5, 0.6) is 0 Å². The monoisotopic (exact) mass is 537 g/mol. The van der Waals surface area contributed by atoms with Crippen LogP contribution in [0.3, 0.4) is 0 Å². The number of aromatic nitrogens is 2. The van der Waals surface area contributed by atoms with Crippen LogP contribution in [0.25, 0.3) is 5.69 Å². The van der Waals surface area contributed by atoms with Gasteiger partial charge in [0.25, 0.3) is 5.91 Å². The van der Waals surface area contributed by atoms with Gasteiger partial charge in [-0.15, -0.1) is 0 Å². The fraction of sp³-hybridized carbons (Fsp3) is 0.0417. The first-order chi connectivity index (χ1) is 16.6. The standard InChI is InChI=1S/C24H13Cl3F3N3O2/c25-13-9-10-18(15(11-13)22(34)14-5-1-2-6-16(14)26)31-23(35)20-12-21(24(28,29)30)32-33(20)19-8-4-3-7-17(19)27/h1-12H,(H,31,35). The van der Waals surface area contributed by atoms with Gasteiger partial charge >= 0.3 is 6.18 Å². The molecule has 178 valence electrons. The zero-order chi connectivity index (χ0) is 25.3. The Morgan fingerprint density at radius 2 is 1.49 bits per heavy atom. The van der Waals surface area contributed by atoms with Gasteiger partial charge in [-0.05, 0) is 42.5 Å². The summed E-state index contributed by atoms with van der Waals surface area (Å²) >= 11 is 18.3. The van der Waals surface area contributed by atoms with Crippen LogP contribution in [0.4, 0.5) is 18.9 Å². The third-order valence-electron chi connectivity index (χ3n) is 4.91. The minimum Gasteiger partial charge on any atom is -0.320 e. The largest absolute Gasteiger partial charge is 0.435 e. The van der Waals surface area contributed by atoms with Crippen LogP contribution in [0, 0.1) is 0 Å². The van der Waals surface area contributed by atoms with Crippen LogP contribution >= 0.6 is 34.8 Å². The summed E-state index contributed by atoms with van der Waals surface area (Å²) in [5.74, 6) is -1.49. The van der Waals surface area contributed by atoms with E-state index in [1.54, 1.807) is 18.2 Å². The molecule has 0 fully saturated rings. The number of nitrogens with zero attached hydrogens (tertiary/aromatic N) is 2. The SMILES string of the molecule is O=C(c1ccccc1Cl)c1cc(Cl)ccc1NC(=O)c1cc(C(F)(F)F)nn1-c1ccccc1Cl. The van der Waals surface area contributed by atoms with Gasteiger partial charge < -0.3 is 5.32 Å². The van der Waals surface area contributed by atoms with Gasteiger partial charge in [0, 0.05) is 22.2 Å². The second kappa shape index (κ2) is 9.73. The smallest absolute Gasteiger partial charge is 0.320 e. The van der Waals surface area contributed by atoms with Crippen molar-refractivity contribution in [2.75, 3.05) is 5.32 Å². The van der Waals surface area contributed by atoms with Crippen molar-refractivity contribution in [3.8, 4) is 5.69 Å². The maximum atomic E-state index is 13.4. The summed E-state index contributed by atoms with van der Waals surface area (Å²) in [5, 5.41) is 6.50. The summed E-state index contributed by atoms with van der Waals surface area (Å²) in [7, 11) is 0. The van der Waals surface area contributed by atoms with Crippen molar-refractivity contribution in [3.05, 3.63) is 110 Å². The zero-order valence-corrected chi connectivity index (χ0v) is 19.7. The molecule has 0 spiro atoms. The predicted molar refractivity (Wildman–Crippen MR) is 128 cm³/mol. The molecule has 0 aliphatic heterocycles. The highest BCUT2D eigenvalue weighted by atomic mass is 35.5. The van der Waals surface area contributed by atoms with E-state index in [9.17, 15) is 22.8 Å². The molecule has 4 rings (SSSR count). The van der Waals surface area contributed by atoms with E-state index in [-0.39, 0.29) is 37.6 Å². The van der Waals surface area contributed by atoms with E-state index >= 15 is 0 Å². The fourth-order valence-electron chi connectivity index (χ4n) is 3.28. The molecule has 35 heavy (non-hydrogen) atoms. The third-order valence-corrected chi connectivity index (χ3v) is 5.79. The Balaban J connectivity index is 1.78. The van der Waals surface area contributed by atoms with Crippen molar-refractivity contribution in [2.24, 2.45) is 0 Å². The Hall–Kier alpha value is -3.33. The van der Waals surface area contributed by atoms with Crippen molar-refractivity contribution >= 4 is 52.2 Å². The van der Waals surface area contributed by atoms with E-state index in [1.165, 1.54) is 48.5 Å². The molecular formula is C24H13Cl3F3N3O2. The number of ketones is 1. The quantitative estimate of drug-likeness (QED) is 0.271. The number of amides is 1. The number of halogens is 6. The molecular weight excluding hydrogens is 526 g/mol. The van der Waals surface area contributed by atoms with Gasteiger partial charge in [-0.25, -0.2) is 4.68 Å². The van der Waals surface area contributed by atoms with Crippen molar-refractivity contribution in [1.29, 1.82) is 0 Å². The Morgan fingerprint density at radius 1 is 0.829 bits per heavy atom. The number of para-hydroxylation sites is 1. The topological polar surface area (TPSA) is 64.0 Å². The molecule has 11 heteroatoms. The molecule has 1 N–H and O–H groups in total. The minimum absolute atomic E-state index is 0.00111. The second-order valence-corrected chi connectivity index (χ2v) is 8.48. The lowest BCUT2D eigenvalue weighted by Gasteiger charge is -2.13. The first-order valence-corrected chi connectivity index (χ1v) is 11.0. The number of carbonyl (C=O) groups is 2. The number of hydrogen-bond donors (Lipinski definition) is 1. The molecule has 5 nitrogen and oxygen atoms in total. The maximum Gasteiger partial charge on any atom is 0.435 e. The molecule has 1 amide bonds. The predicted octanol–water partition coefficient (Wildman–Crippen LogP) is 7.33. The van der Waals surface area contributed by atoms with E-state index in [1.807, 2.05) is 0 Å². The summed E-state index contributed by atoms with van der Waals surface area (Å²) in [5.41, 5.74) is -1.49. The van der Waals surface area contributed by atoms with Crippen molar-refractivity contribution < 1.29 is 22.8 Å². The fourth-order valence-corrected chi connectivity index (χ4v) is 3.89. The molecule has 0 bridgehead atoms. The Kier molecular flexibility index (Phi) is 6.89. The second-order valence-electron chi connectivity index (χ2n) is 7.23. The summed E-state index contributed by atoms with van der Waals surface area (Å²) in [6, 6.07) is 17.0. The van der Waals surface area contributed by atoms with Gasteiger partial charge in [0.2, 0.25) is 0 Å². The number of benzene rings is 3. The van der Waals surface area contributed by atoms with E-state index < -0.39 is 29.3 Å². The Morgan fingerprint density at radius 3 is 2.14 bits per heavy atom. The lowest BCUT2D eigenvalue weighted by atomic mass is 10.0. The van der Waals surface area contributed by atoms with Crippen LogP contribution in [-0.2, 0) is 6.18 Å². The molecule has 1 heterocycles. The van der Waals surface area contributed by atoms with Gasteiger partial charge in [-0.3, -0.25) is 9.59 Å². The average Bonchev–Trinajstić information content (AvgIpc) is 3.26. The van der Waals surface area contributed by atoms with Crippen LogP contribution in [-0.4, -0.2) is 21.5 Å². The van der Waals surface area contributed by atoms with Gasteiger partial charge in [0.05, 0.1) is 21.4 Å². The lowest BCUT2D eigenvalue weighted by Crippen LogP contribution is -2.19. The molecule has 0 atom stereocenters. The number of rotatable bonds is 5. The van der Waals surface area contributed by atoms with Crippen LogP contribution in [0.2, 0.25) is 15.1 Å². The van der Waals surface area contributed by atoms with E-state index in [0.717, 1.165) is 4.68 Å². The molecule has 0 radical (unpaired) electrons. The van der Waals surface area contributed by atoms with E-state index in [4.69, 9.17) is 34.8 Å². The average molecular weight is 539 g/mol. The summed E-state index contributed by atoms with van der Waals surface area (Å²) in [6.45, 7) is 0. The van der Waals surface area contributed by atoms with Crippen molar-refractivity contribution in [1.82, 2.24) is 9.78 Å². The van der Waals surface area contributed by atoms with Gasteiger partial charge in [-0.2, -0.15) is 18.3 Å². The highest BCUT2D eigenvalue weighted by molar-refractivity contribution is 6.36. The summed E-state index contributed by atoms with van der Waals surface area (Å²) < 4.78 is 41.0. The molecule has 0 aliphatic carbocycles. The Labute approximate surface area is 212 Å². The lowest BCUT2D eigenvalue weighted by molar-refractivity contribution is -0.141. The van der Waals surface area contributed by atoms with Gasteiger partial charge in [0.15, 0.2) is 11.5 Å². The number of carbonyl (C=O) groups excluding carboxylic acids is 2. The number of nitrogens with one attached hydrogen (secondary N) is 1. The maximum absolute atomic E-state index is 13.4. The molecule has 0 saturated heterocycles. The minimum atomic E-state index is -4.81. The molecule has 0 unspecified atom stereocenters. The van der Waals surface area contributed by atoms with Crippen LogP contribution in [0.15, 0.2) is 72.8 Å². The van der Waals surface area contributed by atoms with E-state index in [0.29, 0.717) is 6.07 Å². The number of alkyl halides is 3. The number of hydrogen-bond acceptors (Lipinski definition) is 3. The summed E-state index contributed by atoms with van der Waals surface area (Å²) in [6.07, 6.45) is -4.81. The molecule has 0 saturated carbocycles. The highest BCUT2D eigenvalue weighted by Crippen LogP contribution is 2.32. The third kappa shape index (κ3) is 5.19. The van der Waals surface area contributed by atoms with Crippen LogP contribution in [0.1, 0.15) is 32.1 Å². The van der Waals surface area contributed by atoms with Gasteiger partial charge in [-0.1, -0.05) is 59.1 Å². The molecule has 3 aromatic carbocycles. The number of anilines is 1. The Bertz CT molecular complexity index is 1450. The summed E-state index contributed by atoms with van der Waals surface area (Å²) in [4.78, 5) is 26.3. The molecule has 1 aromatic heterocycles.